The second-order valence-electron chi connectivity index (χ2n) is 4.25. The van der Waals surface area contributed by atoms with Crippen LogP contribution in [0, 0.1) is 17.0 Å². The summed E-state index contributed by atoms with van der Waals surface area (Å²) in [5.74, 6) is -0.759. The number of carboxylic acids is 1. The average Bonchev–Trinajstić information content (AvgIpc) is 2.37. The van der Waals surface area contributed by atoms with Gasteiger partial charge in [-0.2, -0.15) is 0 Å². The monoisotopic (exact) mass is 307 g/mol. The van der Waals surface area contributed by atoms with E-state index in [-0.39, 0.29) is 17.0 Å². The standard InChI is InChI=1S/C14H10ClNO5/c1-8-6-10(3-4-11(8)14(17)18)21-13-7-9(15)2-5-12(13)16(19)20/h2-7H,1H3,(H,17,18). The highest BCUT2D eigenvalue weighted by molar-refractivity contribution is 6.30. The molecule has 0 saturated carbocycles. The van der Waals surface area contributed by atoms with E-state index in [4.69, 9.17) is 21.4 Å². The third-order valence-corrected chi connectivity index (χ3v) is 3.01. The number of carbonyl (C=O) groups is 1. The van der Waals surface area contributed by atoms with Crippen molar-refractivity contribution in [3.63, 3.8) is 0 Å². The normalized spacial score (nSPS) is 10.2. The van der Waals surface area contributed by atoms with Crippen LogP contribution < -0.4 is 4.74 Å². The van der Waals surface area contributed by atoms with Crippen molar-refractivity contribution in [2.24, 2.45) is 0 Å². The molecule has 1 N–H and O–H groups in total. The van der Waals surface area contributed by atoms with E-state index in [0.717, 1.165) is 0 Å². The van der Waals surface area contributed by atoms with Crippen molar-refractivity contribution in [2.75, 3.05) is 0 Å². The molecule has 0 bridgehead atoms. The number of nitro groups is 1. The predicted molar refractivity (Wildman–Crippen MR) is 76.3 cm³/mol. The number of ether oxygens (including phenoxy) is 1. The topological polar surface area (TPSA) is 89.7 Å². The lowest BCUT2D eigenvalue weighted by Gasteiger charge is -2.08. The van der Waals surface area contributed by atoms with Crippen molar-refractivity contribution in [2.45, 2.75) is 6.92 Å². The van der Waals surface area contributed by atoms with E-state index in [1.54, 1.807) is 6.92 Å². The van der Waals surface area contributed by atoms with Crippen LogP contribution in [0.5, 0.6) is 11.5 Å². The van der Waals surface area contributed by atoms with E-state index in [2.05, 4.69) is 0 Å². The maximum Gasteiger partial charge on any atom is 0.335 e. The SMILES string of the molecule is Cc1cc(Oc2cc(Cl)ccc2[N+](=O)[O-])ccc1C(=O)O. The van der Waals surface area contributed by atoms with Gasteiger partial charge in [-0.15, -0.1) is 0 Å². The van der Waals surface area contributed by atoms with Crippen molar-refractivity contribution in [1.29, 1.82) is 0 Å². The molecule has 0 radical (unpaired) electrons. The van der Waals surface area contributed by atoms with Crippen molar-refractivity contribution in [1.82, 2.24) is 0 Å². The molecule has 7 heteroatoms. The molecule has 0 aliphatic heterocycles. The summed E-state index contributed by atoms with van der Waals surface area (Å²) in [6, 6.07) is 8.28. The molecule has 0 unspecified atom stereocenters. The van der Waals surface area contributed by atoms with Crippen LogP contribution in [-0.2, 0) is 0 Å². The second-order valence-corrected chi connectivity index (χ2v) is 4.69. The molecular formula is C14H10ClNO5. The fourth-order valence-electron chi connectivity index (χ4n) is 1.79. The third kappa shape index (κ3) is 3.29. The maximum absolute atomic E-state index is 10.9. The molecule has 6 nitrogen and oxygen atoms in total. The Balaban J connectivity index is 2.38. The number of nitrogens with zero attached hydrogens (tertiary/aromatic N) is 1. The number of aryl methyl sites for hydroxylation is 1. The van der Waals surface area contributed by atoms with E-state index < -0.39 is 10.9 Å². The molecule has 21 heavy (non-hydrogen) atoms. The lowest BCUT2D eigenvalue weighted by Crippen LogP contribution is -2.00. The summed E-state index contributed by atoms with van der Waals surface area (Å²) in [5, 5.41) is 20.2. The summed E-state index contributed by atoms with van der Waals surface area (Å²) in [4.78, 5) is 21.3. The minimum atomic E-state index is -1.05. The number of benzene rings is 2. The Morgan fingerprint density at radius 1 is 1.29 bits per heavy atom. The first kappa shape index (κ1) is 14.8. The van der Waals surface area contributed by atoms with Crippen LogP contribution in [0.3, 0.4) is 0 Å². The molecule has 0 aromatic heterocycles. The molecule has 0 fully saturated rings. The van der Waals surface area contributed by atoms with E-state index in [1.165, 1.54) is 36.4 Å². The summed E-state index contributed by atoms with van der Waals surface area (Å²) in [5.41, 5.74) is 0.409. The molecule has 2 aromatic rings. The fraction of sp³-hybridized carbons (Fsp3) is 0.0714. The van der Waals surface area contributed by atoms with Gasteiger partial charge in [-0.1, -0.05) is 11.6 Å². The zero-order valence-corrected chi connectivity index (χ0v) is 11.6. The highest BCUT2D eigenvalue weighted by Gasteiger charge is 2.17. The van der Waals surface area contributed by atoms with Gasteiger partial charge in [0.1, 0.15) is 5.75 Å². The molecule has 0 aliphatic carbocycles. The highest BCUT2D eigenvalue weighted by atomic mass is 35.5. The lowest BCUT2D eigenvalue weighted by molar-refractivity contribution is -0.385. The van der Waals surface area contributed by atoms with E-state index in [9.17, 15) is 14.9 Å². The Hall–Kier alpha value is -2.60. The number of hydrogen-bond acceptors (Lipinski definition) is 4. The Kier molecular flexibility index (Phi) is 4.09. The largest absolute Gasteiger partial charge is 0.478 e. The fourth-order valence-corrected chi connectivity index (χ4v) is 1.95. The van der Waals surface area contributed by atoms with Crippen LogP contribution in [0.2, 0.25) is 5.02 Å². The molecule has 108 valence electrons. The average molecular weight is 308 g/mol. The minimum absolute atomic E-state index is 0.00465. The van der Waals surface area contributed by atoms with Crippen molar-refractivity contribution >= 4 is 23.3 Å². The zero-order chi connectivity index (χ0) is 15.6. The van der Waals surface area contributed by atoms with Crippen LogP contribution >= 0.6 is 11.6 Å². The number of hydrogen-bond donors (Lipinski definition) is 1. The second kappa shape index (κ2) is 5.80. The zero-order valence-electron chi connectivity index (χ0n) is 10.9. The van der Waals surface area contributed by atoms with E-state index in [0.29, 0.717) is 16.3 Å². The molecular weight excluding hydrogens is 298 g/mol. The maximum atomic E-state index is 10.9. The summed E-state index contributed by atoms with van der Waals surface area (Å²) < 4.78 is 5.45. The Labute approximate surface area is 124 Å². The highest BCUT2D eigenvalue weighted by Crippen LogP contribution is 2.34. The molecule has 0 saturated heterocycles. The van der Waals surface area contributed by atoms with Crippen molar-refractivity contribution in [3.05, 3.63) is 62.7 Å². The van der Waals surface area contributed by atoms with Gasteiger partial charge in [-0.05, 0) is 36.8 Å². The third-order valence-electron chi connectivity index (χ3n) is 2.77. The van der Waals surface area contributed by atoms with Gasteiger partial charge in [-0.25, -0.2) is 4.79 Å². The quantitative estimate of drug-likeness (QED) is 0.680. The predicted octanol–water partition coefficient (Wildman–Crippen LogP) is 4.05. The van der Waals surface area contributed by atoms with Gasteiger partial charge in [0.15, 0.2) is 0 Å². The number of nitro benzene ring substituents is 1. The van der Waals surface area contributed by atoms with Crippen LogP contribution in [0.1, 0.15) is 15.9 Å². The van der Waals surface area contributed by atoms with E-state index >= 15 is 0 Å². The Bertz CT molecular complexity index is 729. The molecule has 0 spiro atoms. The summed E-state index contributed by atoms with van der Waals surface area (Å²) in [7, 11) is 0. The van der Waals surface area contributed by atoms with Gasteiger partial charge in [-0.3, -0.25) is 10.1 Å². The first-order valence-electron chi connectivity index (χ1n) is 5.84. The lowest BCUT2D eigenvalue weighted by atomic mass is 10.1. The van der Waals surface area contributed by atoms with Gasteiger partial charge in [0.05, 0.1) is 10.5 Å². The molecule has 0 heterocycles. The van der Waals surface area contributed by atoms with Crippen molar-refractivity contribution in [3.8, 4) is 11.5 Å². The van der Waals surface area contributed by atoms with Gasteiger partial charge < -0.3 is 9.84 Å². The first-order chi connectivity index (χ1) is 9.88. The number of carboxylic acid groups (broad SMARTS) is 1. The number of rotatable bonds is 4. The Morgan fingerprint density at radius 3 is 2.57 bits per heavy atom. The summed E-state index contributed by atoms with van der Waals surface area (Å²) >= 11 is 5.81. The molecule has 2 aromatic carbocycles. The van der Waals surface area contributed by atoms with Crippen LogP contribution in [0.4, 0.5) is 5.69 Å². The summed E-state index contributed by atoms with van der Waals surface area (Å²) in [6.45, 7) is 1.61. The van der Waals surface area contributed by atoms with Crippen LogP contribution in [0.25, 0.3) is 0 Å². The molecule has 2 rings (SSSR count). The molecule has 0 amide bonds. The Morgan fingerprint density at radius 2 is 2.00 bits per heavy atom. The van der Waals surface area contributed by atoms with Gasteiger partial charge in [0, 0.05) is 17.2 Å². The van der Waals surface area contributed by atoms with Crippen LogP contribution in [-0.4, -0.2) is 16.0 Å². The van der Waals surface area contributed by atoms with Gasteiger partial charge in [0.25, 0.3) is 0 Å². The van der Waals surface area contributed by atoms with Crippen LogP contribution in [0.15, 0.2) is 36.4 Å². The van der Waals surface area contributed by atoms with Crippen molar-refractivity contribution < 1.29 is 19.6 Å². The van der Waals surface area contributed by atoms with Gasteiger partial charge in [0.2, 0.25) is 5.75 Å². The molecule has 0 atom stereocenters. The first-order valence-corrected chi connectivity index (χ1v) is 6.22. The smallest absolute Gasteiger partial charge is 0.335 e. The van der Waals surface area contributed by atoms with E-state index in [1.807, 2.05) is 0 Å². The summed E-state index contributed by atoms with van der Waals surface area (Å²) in [6.07, 6.45) is 0. The molecule has 0 aliphatic rings. The van der Waals surface area contributed by atoms with Gasteiger partial charge >= 0.3 is 11.7 Å². The number of halogens is 1. The minimum Gasteiger partial charge on any atom is -0.478 e. The number of aromatic carboxylic acids is 1.